The molecule has 5 rings (SSSR count). The van der Waals surface area contributed by atoms with Gasteiger partial charge in [0, 0.05) is 49.4 Å². The van der Waals surface area contributed by atoms with Crippen LogP contribution in [0.3, 0.4) is 0 Å². The van der Waals surface area contributed by atoms with E-state index in [-0.39, 0.29) is 36.7 Å². The monoisotopic (exact) mass is 558 g/mol. The average Bonchev–Trinajstić information content (AvgIpc) is 3.52. The van der Waals surface area contributed by atoms with Crippen molar-refractivity contribution in [1.82, 2.24) is 39.5 Å². The smallest absolute Gasteiger partial charge is 0.245 e. The highest BCUT2D eigenvalue weighted by molar-refractivity contribution is 6.06. The summed E-state index contributed by atoms with van der Waals surface area (Å²) in [5.74, 6) is -0.551. The molecule has 212 valence electrons. The zero-order valence-electron chi connectivity index (χ0n) is 23.4. The fourth-order valence-corrected chi connectivity index (χ4v) is 4.90. The summed E-state index contributed by atoms with van der Waals surface area (Å²) in [4.78, 5) is 59.7. The first-order valence-electron chi connectivity index (χ1n) is 13.3. The number of nitrogens with zero attached hydrogens (tertiary/aromatic N) is 8. The minimum atomic E-state index is -1.34. The van der Waals surface area contributed by atoms with Gasteiger partial charge in [-0.15, -0.1) is 0 Å². The number of Topliss-reactive ketones (excluding diaryl/α,β-unsaturated/α-hetero) is 2. The Morgan fingerprint density at radius 1 is 1.05 bits per heavy atom. The SMILES string of the molecule is CC(=O)c1nn(CC(=O)N2C[C@H](F)C[C@H]2C(=O)c2ccc(CCN(C)C)cn2)c2cnc(-c3cnc(C)nc3)cc12. The van der Waals surface area contributed by atoms with Crippen LogP contribution in [0.2, 0.25) is 0 Å². The molecule has 0 N–H and O–H groups in total. The number of alkyl halides is 1. The zero-order valence-corrected chi connectivity index (χ0v) is 23.4. The molecule has 1 fully saturated rings. The number of pyridine rings is 2. The van der Waals surface area contributed by atoms with Crippen LogP contribution >= 0.6 is 0 Å². The van der Waals surface area contributed by atoms with Crippen molar-refractivity contribution in [2.24, 2.45) is 0 Å². The Bertz CT molecular complexity index is 1600. The van der Waals surface area contributed by atoms with Gasteiger partial charge in [0.2, 0.25) is 11.7 Å². The van der Waals surface area contributed by atoms with Crippen LogP contribution in [0, 0.1) is 6.92 Å². The predicted molar refractivity (Wildman–Crippen MR) is 149 cm³/mol. The van der Waals surface area contributed by atoms with Crippen LogP contribution in [0.5, 0.6) is 0 Å². The van der Waals surface area contributed by atoms with Crippen LogP contribution < -0.4 is 0 Å². The Balaban J connectivity index is 1.38. The lowest BCUT2D eigenvalue weighted by molar-refractivity contribution is -0.132. The van der Waals surface area contributed by atoms with Gasteiger partial charge in [0.25, 0.3) is 0 Å². The van der Waals surface area contributed by atoms with Crippen LogP contribution in [-0.4, -0.2) is 96.4 Å². The zero-order chi connectivity index (χ0) is 29.3. The summed E-state index contributed by atoms with van der Waals surface area (Å²) < 4.78 is 16.0. The van der Waals surface area contributed by atoms with E-state index < -0.39 is 23.9 Å². The molecule has 0 saturated carbocycles. The van der Waals surface area contributed by atoms with Crippen LogP contribution in [0.4, 0.5) is 4.39 Å². The van der Waals surface area contributed by atoms with Crippen molar-refractivity contribution in [2.75, 3.05) is 27.2 Å². The van der Waals surface area contributed by atoms with E-state index in [1.54, 1.807) is 37.6 Å². The molecule has 11 nitrogen and oxygen atoms in total. The number of likely N-dealkylation sites (tertiary alicyclic amines) is 1. The maximum absolute atomic E-state index is 14.6. The summed E-state index contributed by atoms with van der Waals surface area (Å²) in [5.41, 5.74) is 3.04. The molecule has 5 heterocycles. The number of likely N-dealkylation sites (N-methyl/N-ethyl adjacent to an activating group) is 1. The number of rotatable bonds is 9. The van der Waals surface area contributed by atoms with Gasteiger partial charge in [0.1, 0.15) is 29.9 Å². The summed E-state index contributed by atoms with van der Waals surface area (Å²) in [6.45, 7) is 3.52. The second-order valence-corrected chi connectivity index (χ2v) is 10.5. The van der Waals surface area contributed by atoms with Crippen LogP contribution in [0.15, 0.2) is 43.0 Å². The van der Waals surface area contributed by atoms with E-state index in [9.17, 15) is 18.8 Å². The molecule has 0 bridgehead atoms. The first kappa shape index (κ1) is 28.1. The Hall–Kier alpha value is -4.45. The van der Waals surface area contributed by atoms with Gasteiger partial charge in [0.15, 0.2) is 5.78 Å². The molecule has 4 aromatic heterocycles. The molecule has 0 aromatic carbocycles. The number of ketones is 2. The van der Waals surface area contributed by atoms with E-state index in [4.69, 9.17) is 0 Å². The molecule has 4 aromatic rings. The van der Waals surface area contributed by atoms with Gasteiger partial charge < -0.3 is 9.80 Å². The molecule has 0 aliphatic carbocycles. The van der Waals surface area contributed by atoms with E-state index in [1.807, 2.05) is 20.2 Å². The van der Waals surface area contributed by atoms with Gasteiger partial charge in [0.05, 0.1) is 30.0 Å². The van der Waals surface area contributed by atoms with Crippen LogP contribution in [-0.2, 0) is 17.8 Å². The number of amides is 1. The summed E-state index contributed by atoms with van der Waals surface area (Å²) in [6, 6.07) is 4.20. The highest BCUT2D eigenvalue weighted by Crippen LogP contribution is 2.27. The molecule has 2 atom stereocenters. The number of carbonyl (C=O) groups is 3. The fourth-order valence-electron chi connectivity index (χ4n) is 4.90. The third-order valence-electron chi connectivity index (χ3n) is 7.13. The maximum Gasteiger partial charge on any atom is 0.245 e. The van der Waals surface area contributed by atoms with Crippen molar-refractivity contribution in [1.29, 1.82) is 0 Å². The fraction of sp³-hybridized carbons (Fsp3) is 0.379. The number of aromatic nitrogens is 6. The Labute approximate surface area is 236 Å². The van der Waals surface area contributed by atoms with Crippen molar-refractivity contribution in [2.45, 2.75) is 45.4 Å². The Morgan fingerprint density at radius 2 is 1.80 bits per heavy atom. The lowest BCUT2D eigenvalue weighted by Gasteiger charge is -2.23. The van der Waals surface area contributed by atoms with E-state index in [0.29, 0.717) is 28.0 Å². The highest BCUT2D eigenvalue weighted by Gasteiger charge is 2.40. The third kappa shape index (κ3) is 6.02. The number of fused-ring (bicyclic) bond motifs is 1. The summed E-state index contributed by atoms with van der Waals surface area (Å²) in [6.07, 6.45) is 5.80. The number of hydrogen-bond donors (Lipinski definition) is 0. The number of hydrogen-bond acceptors (Lipinski definition) is 9. The minimum Gasteiger partial charge on any atom is -0.328 e. The van der Waals surface area contributed by atoms with E-state index >= 15 is 0 Å². The molecular weight excluding hydrogens is 527 g/mol. The third-order valence-corrected chi connectivity index (χ3v) is 7.13. The van der Waals surface area contributed by atoms with Crippen molar-refractivity contribution in [3.63, 3.8) is 0 Å². The van der Waals surface area contributed by atoms with E-state index in [2.05, 4.69) is 29.9 Å². The number of aryl methyl sites for hydroxylation is 1. The summed E-state index contributed by atoms with van der Waals surface area (Å²) >= 11 is 0. The van der Waals surface area contributed by atoms with Crippen LogP contribution in [0.1, 0.15) is 45.7 Å². The number of halogens is 1. The first-order chi connectivity index (χ1) is 19.6. The molecular formula is C29H31FN8O3. The van der Waals surface area contributed by atoms with E-state index in [1.165, 1.54) is 22.7 Å². The molecule has 1 amide bonds. The molecule has 1 aliphatic rings. The second-order valence-electron chi connectivity index (χ2n) is 10.5. The molecule has 1 aliphatic heterocycles. The van der Waals surface area contributed by atoms with Crippen molar-refractivity contribution in [3.8, 4) is 11.3 Å². The normalized spacial score (nSPS) is 17.0. The lowest BCUT2D eigenvalue weighted by atomic mass is 10.0. The van der Waals surface area contributed by atoms with Gasteiger partial charge in [-0.2, -0.15) is 5.10 Å². The summed E-state index contributed by atoms with van der Waals surface area (Å²) in [5, 5.41) is 4.91. The van der Waals surface area contributed by atoms with Gasteiger partial charge in [-0.25, -0.2) is 14.4 Å². The largest absolute Gasteiger partial charge is 0.328 e. The van der Waals surface area contributed by atoms with Gasteiger partial charge >= 0.3 is 0 Å². The van der Waals surface area contributed by atoms with Gasteiger partial charge in [-0.3, -0.25) is 29.0 Å². The standard InChI is InChI=1S/C29H31FN8O3/c1-17(39)28-22-10-24(20-12-31-18(2)32-13-20)34-14-26(22)38(35-28)16-27(40)37-15-21(30)9-25(37)29(41)23-6-5-19(11-33-23)7-8-36(3)4/h5-6,10-14,21,25H,7-9,15-16H2,1-4H3/t21-,25+/m1/s1. The Kier molecular flexibility index (Phi) is 7.93. The quantitative estimate of drug-likeness (QED) is 0.285. The van der Waals surface area contributed by atoms with Crippen molar-refractivity contribution >= 4 is 28.4 Å². The molecule has 0 radical (unpaired) electrons. The first-order valence-corrected chi connectivity index (χ1v) is 13.3. The molecule has 0 spiro atoms. The minimum absolute atomic E-state index is 0.100. The highest BCUT2D eigenvalue weighted by atomic mass is 19.1. The van der Waals surface area contributed by atoms with Crippen molar-refractivity contribution in [3.05, 3.63) is 65.8 Å². The number of carbonyl (C=O) groups excluding carboxylic acids is 3. The van der Waals surface area contributed by atoms with E-state index in [0.717, 1.165) is 18.5 Å². The molecule has 12 heteroatoms. The van der Waals surface area contributed by atoms with Gasteiger partial charge in [-0.1, -0.05) is 6.07 Å². The maximum atomic E-state index is 14.6. The Morgan fingerprint density at radius 3 is 2.46 bits per heavy atom. The summed E-state index contributed by atoms with van der Waals surface area (Å²) in [7, 11) is 3.96. The molecule has 0 unspecified atom stereocenters. The molecule has 41 heavy (non-hydrogen) atoms. The van der Waals surface area contributed by atoms with Crippen molar-refractivity contribution < 1.29 is 18.8 Å². The average molecular weight is 559 g/mol. The van der Waals surface area contributed by atoms with Gasteiger partial charge in [-0.05, 0) is 45.1 Å². The second kappa shape index (κ2) is 11.6. The van der Waals surface area contributed by atoms with Crippen LogP contribution in [0.25, 0.3) is 22.2 Å². The molecule has 1 saturated heterocycles. The topological polar surface area (TPSA) is 127 Å². The lowest BCUT2D eigenvalue weighted by Crippen LogP contribution is -2.42. The predicted octanol–water partition coefficient (Wildman–Crippen LogP) is 2.72.